The molecular formula is C18H27Al. The number of benzene rings is 1. The molecule has 0 spiro atoms. The van der Waals surface area contributed by atoms with Crippen molar-refractivity contribution in [2.24, 2.45) is 11.8 Å². The highest BCUT2D eigenvalue weighted by atomic mass is 27.2. The Hall–Kier alpha value is -0.508. The molecule has 0 saturated carbocycles. The molecular weight excluding hydrogens is 243 g/mol. The van der Waals surface area contributed by atoms with Gasteiger partial charge in [0.2, 0.25) is 0 Å². The zero-order valence-corrected chi connectivity index (χ0v) is 14.3. The fraction of sp³-hybridized carbons (Fsp3) is 0.556. The summed E-state index contributed by atoms with van der Waals surface area (Å²) >= 11 is -0.754. The van der Waals surface area contributed by atoms with Gasteiger partial charge in [0, 0.05) is 0 Å². The van der Waals surface area contributed by atoms with Crippen molar-refractivity contribution in [3.05, 3.63) is 41.5 Å². The Kier molecular flexibility index (Phi) is 4.93. The van der Waals surface area contributed by atoms with Gasteiger partial charge in [-0.3, -0.25) is 0 Å². The molecule has 0 bridgehead atoms. The van der Waals surface area contributed by atoms with Crippen LogP contribution >= 0.6 is 0 Å². The van der Waals surface area contributed by atoms with E-state index in [0.29, 0.717) is 0 Å². The maximum Gasteiger partial charge on any atom is 0.277 e. The smallest absolute Gasteiger partial charge is 0.0909 e. The van der Waals surface area contributed by atoms with Crippen LogP contribution in [0.2, 0.25) is 10.6 Å². The predicted octanol–water partition coefficient (Wildman–Crippen LogP) is 5.53. The third kappa shape index (κ3) is 3.53. The summed E-state index contributed by atoms with van der Waals surface area (Å²) in [5.74, 6) is 1.69. The van der Waals surface area contributed by atoms with Gasteiger partial charge in [-0.05, 0) is 28.4 Å². The van der Waals surface area contributed by atoms with Crippen molar-refractivity contribution in [2.45, 2.75) is 50.0 Å². The molecule has 1 heteroatoms. The lowest BCUT2D eigenvalue weighted by Crippen LogP contribution is -2.25. The normalized spacial score (nSPS) is 17.8. The van der Waals surface area contributed by atoms with Gasteiger partial charge in [0.15, 0.2) is 0 Å². The SMILES string of the molecule is CC1=C[CH]([Al]([CH2]C(C)C)[CH2]C(C)C)c2ccccc21. The van der Waals surface area contributed by atoms with Crippen LogP contribution in [0.4, 0.5) is 0 Å². The van der Waals surface area contributed by atoms with E-state index in [2.05, 4.69) is 65.0 Å². The van der Waals surface area contributed by atoms with E-state index in [1.165, 1.54) is 21.7 Å². The van der Waals surface area contributed by atoms with Gasteiger partial charge >= 0.3 is 0 Å². The Morgan fingerprint density at radius 2 is 1.58 bits per heavy atom. The molecule has 1 atom stereocenters. The van der Waals surface area contributed by atoms with E-state index in [1.54, 1.807) is 5.56 Å². The Balaban J connectivity index is 2.28. The molecule has 0 N–H and O–H groups in total. The highest BCUT2D eigenvalue weighted by Crippen LogP contribution is 2.40. The molecule has 2 rings (SSSR count). The van der Waals surface area contributed by atoms with E-state index >= 15 is 0 Å². The quantitative estimate of drug-likeness (QED) is 0.617. The number of hydrogen-bond acceptors (Lipinski definition) is 0. The molecule has 0 fully saturated rings. The van der Waals surface area contributed by atoms with Gasteiger partial charge in [-0.15, -0.1) is 0 Å². The average Bonchev–Trinajstić information content (AvgIpc) is 2.66. The van der Waals surface area contributed by atoms with Gasteiger partial charge in [0.1, 0.15) is 0 Å². The van der Waals surface area contributed by atoms with Crippen LogP contribution in [0, 0.1) is 11.8 Å². The molecule has 0 saturated heterocycles. The molecule has 1 aliphatic carbocycles. The summed E-state index contributed by atoms with van der Waals surface area (Å²) in [4.78, 5) is 0. The fourth-order valence-electron chi connectivity index (χ4n) is 3.59. The van der Waals surface area contributed by atoms with Gasteiger partial charge in [0.25, 0.3) is 14.1 Å². The van der Waals surface area contributed by atoms with Crippen molar-refractivity contribution in [3.8, 4) is 0 Å². The van der Waals surface area contributed by atoms with Crippen LogP contribution in [0.3, 0.4) is 0 Å². The fourth-order valence-corrected chi connectivity index (χ4v) is 8.15. The minimum absolute atomic E-state index is 0.754. The minimum atomic E-state index is -0.754. The van der Waals surface area contributed by atoms with E-state index in [0.717, 1.165) is 16.6 Å². The Labute approximate surface area is 123 Å². The summed E-state index contributed by atoms with van der Waals surface area (Å²) in [6.45, 7) is 11.8. The monoisotopic (exact) mass is 270 g/mol. The first-order chi connectivity index (χ1) is 8.99. The molecule has 0 heterocycles. The van der Waals surface area contributed by atoms with Crippen LogP contribution in [-0.2, 0) is 0 Å². The van der Waals surface area contributed by atoms with Crippen LogP contribution in [-0.4, -0.2) is 14.1 Å². The molecule has 0 aromatic heterocycles. The first-order valence-electron chi connectivity index (χ1n) is 7.76. The third-order valence-corrected chi connectivity index (χ3v) is 8.89. The Morgan fingerprint density at radius 3 is 2.16 bits per heavy atom. The molecule has 0 aliphatic heterocycles. The van der Waals surface area contributed by atoms with Crippen LogP contribution < -0.4 is 0 Å². The summed E-state index contributed by atoms with van der Waals surface area (Å²) in [6.07, 6.45) is 2.58. The highest BCUT2D eigenvalue weighted by Gasteiger charge is 2.33. The molecule has 1 unspecified atom stereocenters. The van der Waals surface area contributed by atoms with Crippen LogP contribution in [0.25, 0.3) is 5.57 Å². The third-order valence-electron chi connectivity index (χ3n) is 4.23. The van der Waals surface area contributed by atoms with Crippen LogP contribution in [0.1, 0.15) is 50.5 Å². The van der Waals surface area contributed by atoms with E-state index < -0.39 is 14.1 Å². The van der Waals surface area contributed by atoms with Gasteiger partial charge in [-0.25, -0.2) is 0 Å². The van der Waals surface area contributed by atoms with Gasteiger partial charge in [0.05, 0.1) is 0 Å². The summed E-state index contributed by atoms with van der Waals surface area (Å²) in [7, 11) is 0. The summed E-state index contributed by atoms with van der Waals surface area (Å²) < 4.78 is 0.779. The first-order valence-corrected chi connectivity index (χ1v) is 10.1. The van der Waals surface area contributed by atoms with Crippen LogP contribution in [0.5, 0.6) is 0 Å². The number of rotatable bonds is 5. The molecule has 1 aliphatic rings. The summed E-state index contributed by atoms with van der Waals surface area (Å²) in [5, 5.41) is 2.95. The summed E-state index contributed by atoms with van der Waals surface area (Å²) in [5.41, 5.74) is 4.64. The highest BCUT2D eigenvalue weighted by molar-refractivity contribution is 6.61. The average molecular weight is 270 g/mol. The van der Waals surface area contributed by atoms with Crippen molar-refractivity contribution in [1.29, 1.82) is 0 Å². The van der Waals surface area contributed by atoms with Crippen molar-refractivity contribution in [3.63, 3.8) is 0 Å². The first kappa shape index (κ1) is 14.9. The minimum Gasteiger partial charge on any atom is -0.0909 e. The molecule has 1 aromatic rings. The van der Waals surface area contributed by atoms with E-state index in [-0.39, 0.29) is 0 Å². The number of allylic oxidation sites excluding steroid dienone is 2. The lowest BCUT2D eigenvalue weighted by molar-refractivity contribution is 0.683. The lowest BCUT2D eigenvalue weighted by atomic mass is 10.1. The van der Waals surface area contributed by atoms with Crippen molar-refractivity contribution in [2.75, 3.05) is 0 Å². The second-order valence-electron chi connectivity index (χ2n) is 6.98. The molecule has 19 heavy (non-hydrogen) atoms. The Bertz CT molecular complexity index is 447. The van der Waals surface area contributed by atoms with Crippen LogP contribution in [0.15, 0.2) is 30.3 Å². The molecule has 0 nitrogen and oxygen atoms in total. The second-order valence-corrected chi connectivity index (χ2v) is 10.2. The standard InChI is InChI=1S/C10H9.2C4H9.Al/c1-8-6-7-9-4-2-3-5-10(8)9;2*1-4(2)3;/h2-7H,1H3;2*4H,1H2,2-3H3;. The van der Waals surface area contributed by atoms with E-state index in [1.807, 2.05) is 0 Å². The largest absolute Gasteiger partial charge is 0.277 e. The molecule has 102 valence electrons. The Morgan fingerprint density at radius 1 is 1.00 bits per heavy atom. The zero-order valence-electron chi connectivity index (χ0n) is 13.1. The van der Waals surface area contributed by atoms with E-state index in [4.69, 9.17) is 0 Å². The zero-order chi connectivity index (χ0) is 14.0. The van der Waals surface area contributed by atoms with Crippen molar-refractivity contribution < 1.29 is 0 Å². The molecule has 1 aromatic carbocycles. The van der Waals surface area contributed by atoms with Crippen molar-refractivity contribution >= 4 is 19.7 Å². The maximum atomic E-state index is 2.58. The van der Waals surface area contributed by atoms with Gasteiger partial charge < -0.3 is 0 Å². The maximum absolute atomic E-state index is 2.58. The molecule has 0 radical (unpaired) electrons. The predicted molar refractivity (Wildman–Crippen MR) is 87.9 cm³/mol. The lowest BCUT2D eigenvalue weighted by Gasteiger charge is -2.22. The van der Waals surface area contributed by atoms with Gasteiger partial charge in [-0.1, -0.05) is 80.4 Å². The molecule has 0 amide bonds. The number of hydrogen-bond donors (Lipinski definition) is 0. The van der Waals surface area contributed by atoms with Gasteiger partial charge in [-0.2, -0.15) is 0 Å². The summed E-state index contributed by atoms with van der Waals surface area (Å²) in [6, 6.07) is 9.07. The van der Waals surface area contributed by atoms with E-state index in [9.17, 15) is 0 Å². The van der Waals surface area contributed by atoms with Crippen molar-refractivity contribution in [1.82, 2.24) is 0 Å². The number of fused-ring (bicyclic) bond motifs is 1. The topological polar surface area (TPSA) is 0 Å². The second kappa shape index (κ2) is 6.29.